The van der Waals surface area contributed by atoms with Crippen LogP contribution in [0.4, 0.5) is 0 Å². The molecule has 0 fully saturated rings. The van der Waals surface area contributed by atoms with Crippen molar-refractivity contribution in [1.82, 2.24) is 5.32 Å². The first kappa shape index (κ1) is 13.5. The molecule has 94 valence electrons. The largest absolute Gasteiger partial charge is 0.492 e. The molecule has 1 rings (SSSR count). The van der Waals surface area contributed by atoms with Crippen molar-refractivity contribution in [1.29, 1.82) is 0 Å². The Balaban J connectivity index is 2.05. The molecule has 0 amide bonds. The molecule has 1 aromatic rings. The van der Waals surface area contributed by atoms with Gasteiger partial charge in [-0.3, -0.25) is 4.79 Å². The molecule has 4 heteroatoms. The molecule has 4 nitrogen and oxygen atoms in total. The van der Waals surface area contributed by atoms with Crippen LogP contribution in [0.1, 0.15) is 18.4 Å². The van der Waals surface area contributed by atoms with Gasteiger partial charge in [0.2, 0.25) is 0 Å². The Labute approximate surface area is 102 Å². The molecule has 0 aliphatic rings. The second kappa shape index (κ2) is 7.68. The third-order valence-corrected chi connectivity index (χ3v) is 2.37. The van der Waals surface area contributed by atoms with Crippen LogP contribution < -0.4 is 10.1 Å². The molecule has 2 N–H and O–H groups in total. The van der Waals surface area contributed by atoms with Gasteiger partial charge in [-0.25, -0.2) is 0 Å². The van der Waals surface area contributed by atoms with Crippen molar-refractivity contribution in [2.75, 3.05) is 19.7 Å². The molecule has 0 radical (unpaired) electrons. The number of carbonyl (C=O) groups is 1. The van der Waals surface area contributed by atoms with Crippen molar-refractivity contribution in [3.63, 3.8) is 0 Å². The van der Waals surface area contributed by atoms with E-state index in [0.717, 1.165) is 17.9 Å². The zero-order chi connectivity index (χ0) is 12.5. The second-order valence-corrected chi connectivity index (χ2v) is 3.86. The van der Waals surface area contributed by atoms with Crippen molar-refractivity contribution in [2.45, 2.75) is 19.8 Å². The SMILES string of the molecule is Cc1ccccc1OCCNCCCC(=O)O. The van der Waals surface area contributed by atoms with Crippen LogP contribution in [-0.4, -0.2) is 30.8 Å². The third kappa shape index (κ3) is 5.92. The van der Waals surface area contributed by atoms with Gasteiger partial charge in [-0.2, -0.15) is 0 Å². The van der Waals surface area contributed by atoms with Crippen molar-refractivity contribution < 1.29 is 14.6 Å². The van der Waals surface area contributed by atoms with E-state index < -0.39 is 5.97 Å². The van der Waals surface area contributed by atoms with Crippen LogP contribution in [-0.2, 0) is 4.79 Å². The maximum atomic E-state index is 10.3. The Kier molecular flexibility index (Phi) is 6.10. The maximum absolute atomic E-state index is 10.3. The highest BCUT2D eigenvalue weighted by molar-refractivity contribution is 5.66. The summed E-state index contributed by atoms with van der Waals surface area (Å²) in [7, 11) is 0. The van der Waals surface area contributed by atoms with Crippen molar-refractivity contribution >= 4 is 5.97 Å². The maximum Gasteiger partial charge on any atom is 0.303 e. The molecule has 0 heterocycles. The fraction of sp³-hybridized carbons (Fsp3) is 0.462. The fourth-order valence-electron chi connectivity index (χ4n) is 1.44. The van der Waals surface area contributed by atoms with E-state index in [1.165, 1.54) is 0 Å². The van der Waals surface area contributed by atoms with E-state index in [1.807, 2.05) is 31.2 Å². The highest BCUT2D eigenvalue weighted by Gasteiger charge is 1.98. The average Bonchev–Trinajstić information content (AvgIpc) is 2.30. The van der Waals surface area contributed by atoms with Gasteiger partial charge in [-0.05, 0) is 31.5 Å². The molecule has 0 saturated carbocycles. The van der Waals surface area contributed by atoms with E-state index in [9.17, 15) is 4.79 Å². The number of aryl methyl sites for hydroxylation is 1. The Morgan fingerprint density at radius 1 is 1.35 bits per heavy atom. The number of hydrogen-bond acceptors (Lipinski definition) is 3. The van der Waals surface area contributed by atoms with Gasteiger partial charge in [0, 0.05) is 13.0 Å². The highest BCUT2D eigenvalue weighted by Crippen LogP contribution is 2.15. The van der Waals surface area contributed by atoms with Crippen LogP contribution in [0.5, 0.6) is 5.75 Å². The number of hydrogen-bond donors (Lipinski definition) is 2. The predicted molar refractivity (Wildman–Crippen MR) is 66.4 cm³/mol. The Morgan fingerprint density at radius 2 is 2.12 bits per heavy atom. The van der Waals surface area contributed by atoms with E-state index in [2.05, 4.69) is 5.32 Å². The van der Waals surface area contributed by atoms with Gasteiger partial charge in [0.15, 0.2) is 0 Å². The Hall–Kier alpha value is -1.55. The van der Waals surface area contributed by atoms with E-state index in [0.29, 0.717) is 19.6 Å². The molecule has 0 bridgehead atoms. The summed E-state index contributed by atoms with van der Waals surface area (Å²) in [4.78, 5) is 10.3. The van der Waals surface area contributed by atoms with Gasteiger partial charge >= 0.3 is 5.97 Å². The van der Waals surface area contributed by atoms with Crippen LogP contribution in [0.2, 0.25) is 0 Å². The summed E-state index contributed by atoms with van der Waals surface area (Å²) in [6.07, 6.45) is 0.866. The van der Waals surface area contributed by atoms with Crippen LogP contribution in [0.15, 0.2) is 24.3 Å². The predicted octanol–water partition coefficient (Wildman–Crippen LogP) is 1.83. The molecule has 0 saturated heterocycles. The van der Waals surface area contributed by atoms with Gasteiger partial charge in [-0.1, -0.05) is 18.2 Å². The number of rotatable bonds is 8. The summed E-state index contributed by atoms with van der Waals surface area (Å²) in [5, 5.41) is 11.6. The molecular weight excluding hydrogens is 218 g/mol. The highest BCUT2D eigenvalue weighted by atomic mass is 16.5. The minimum Gasteiger partial charge on any atom is -0.492 e. The van der Waals surface area contributed by atoms with E-state index in [1.54, 1.807) is 0 Å². The lowest BCUT2D eigenvalue weighted by Crippen LogP contribution is -2.22. The summed E-state index contributed by atoms with van der Waals surface area (Å²) in [6, 6.07) is 7.88. The first-order chi connectivity index (χ1) is 8.20. The summed E-state index contributed by atoms with van der Waals surface area (Å²) in [6.45, 7) is 4.05. The Bertz CT molecular complexity index is 352. The lowest BCUT2D eigenvalue weighted by Gasteiger charge is -2.09. The van der Waals surface area contributed by atoms with Crippen molar-refractivity contribution in [2.24, 2.45) is 0 Å². The monoisotopic (exact) mass is 237 g/mol. The standard InChI is InChI=1S/C13H19NO3/c1-11-5-2-3-6-12(11)17-10-9-14-8-4-7-13(15)16/h2-3,5-6,14H,4,7-10H2,1H3,(H,15,16). The number of ether oxygens (including phenoxy) is 1. The second-order valence-electron chi connectivity index (χ2n) is 3.86. The van der Waals surface area contributed by atoms with Crippen molar-refractivity contribution in [3.05, 3.63) is 29.8 Å². The molecular formula is C13H19NO3. The molecule has 0 aromatic heterocycles. The van der Waals surface area contributed by atoms with Crippen LogP contribution >= 0.6 is 0 Å². The normalized spacial score (nSPS) is 10.2. The molecule has 0 atom stereocenters. The van der Waals surface area contributed by atoms with E-state index in [4.69, 9.17) is 9.84 Å². The lowest BCUT2D eigenvalue weighted by molar-refractivity contribution is -0.137. The molecule has 0 unspecified atom stereocenters. The molecule has 1 aromatic carbocycles. The van der Waals surface area contributed by atoms with Crippen LogP contribution in [0.3, 0.4) is 0 Å². The topological polar surface area (TPSA) is 58.6 Å². The third-order valence-electron chi connectivity index (χ3n) is 2.37. The van der Waals surface area contributed by atoms with Gasteiger partial charge in [0.25, 0.3) is 0 Å². The summed E-state index contributed by atoms with van der Waals surface area (Å²) < 4.78 is 5.59. The number of benzene rings is 1. The van der Waals surface area contributed by atoms with E-state index >= 15 is 0 Å². The van der Waals surface area contributed by atoms with Gasteiger partial charge < -0.3 is 15.2 Å². The molecule has 17 heavy (non-hydrogen) atoms. The number of carboxylic acid groups (broad SMARTS) is 1. The van der Waals surface area contributed by atoms with Crippen LogP contribution in [0.25, 0.3) is 0 Å². The van der Waals surface area contributed by atoms with E-state index in [-0.39, 0.29) is 6.42 Å². The first-order valence-electron chi connectivity index (χ1n) is 5.81. The van der Waals surface area contributed by atoms with Crippen LogP contribution in [0, 0.1) is 6.92 Å². The average molecular weight is 237 g/mol. The Morgan fingerprint density at radius 3 is 2.82 bits per heavy atom. The van der Waals surface area contributed by atoms with Gasteiger partial charge in [-0.15, -0.1) is 0 Å². The van der Waals surface area contributed by atoms with Gasteiger partial charge in [0.05, 0.1) is 0 Å². The minimum absolute atomic E-state index is 0.214. The number of carboxylic acids is 1. The lowest BCUT2D eigenvalue weighted by atomic mass is 10.2. The van der Waals surface area contributed by atoms with Crippen molar-refractivity contribution in [3.8, 4) is 5.75 Å². The smallest absolute Gasteiger partial charge is 0.303 e. The fourth-order valence-corrected chi connectivity index (χ4v) is 1.44. The first-order valence-corrected chi connectivity index (χ1v) is 5.81. The zero-order valence-corrected chi connectivity index (χ0v) is 10.1. The number of nitrogens with one attached hydrogen (secondary N) is 1. The molecule has 0 aliphatic heterocycles. The number of aliphatic carboxylic acids is 1. The quantitative estimate of drug-likeness (QED) is 0.677. The summed E-state index contributed by atoms with van der Waals surface area (Å²) in [5.41, 5.74) is 1.12. The van der Waals surface area contributed by atoms with Gasteiger partial charge in [0.1, 0.15) is 12.4 Å². The number of para-hydroxylation sites is 1. The molecule has 0 aliphatic carbocycles. The molecule has 0 spiro atoms. The zero-order valence-electron chi connectivity index (χ0n) is 10.1. The minimum atomic E-state index is -0.747. The summed E-state index contributed by atoms with van der Waals surface area (Å²) in [5.74, 6) is 0.155. The summed E-state index contributed by atoms with van der Waals surface area (Å²) >= 11 is 0.